The minimum atomic E-state index is 0.854. The lowest BCUT2D eigenvalue weighted by molar-refractivity contribution is 0.669. The number of hydrogen-bond donors (Lipinski definition) is 0. The maximum atomic E-state index is 6.84. The van der Waals surface area contributed by atoms with E-state index in [0.717, 1.165) is 111 Å². The third kappa shape index (κ3) is 5.02. The summed E-state index contributed by atoms with van der Waals surface area (Å²) in [5.41, 5.74) is 13.2. The van der Waals surface area contributed by atoms with Crippen LogP contribution in [0.5, 0.6) is 0 Å². The average molecular weight is 856 g/mol. The monoisotopic (exact) mass is 855 g/mol. The van der Waals surface area contributed by atoms with Crippen LogP contribution in [0.4, 0.5) is 34.1 Å². The summed E-state index contributed by atoms with van der Waals surface area (Å²) >= 11 is 0. The largest absolute Gasteiger partial charge is 0.454 e. The van der Waals surface area contributed by atoms with Crippen LogP contribution in [0.3, 0.4) is 0 Å². The number of anilines is 6. The van der Waals surface area contributed by atoms with Crippen molar-refractivity contribution in [3.8, 4) is 0 Å². The van der Waals surface area contributed by atoms with Crippen molar-refractivity contribution < 1.29 is 8.83 Å². The van der Waals surface area contributed by atoms with Crippen LogP contribution < -0.4 is 9.80 Å². The van der Waals surface area contributed by atoms with Crippen molar-refractivity contribution in [2.75, 3.05) is 9.80 Å². The zero-order valence-electron chi connectivity index (χ0n) is 36.0. The van der Waals surface area contributed by atoms with Gasteiger partial charge in [-0.2, -0.15) is 0 Å². The normalized spacial score (nSPS) is 12.2. The van der Waals surface area contributed by atoms with Gasteiger partial charge in [0.1, 0.15) is 11.2 Å². The fourth-order valence-corrected chi connectivity index (χ4v) is 11.3. The van der Waals surface area contributed by atoms with Gasteiger partial charge >= 0.3 is 0 Å². The Morgan fingerprint density at radius 2 is 0.687 bits per heavy atom. The molecule has 67 heavy (non-hydrogen) atoms. The summed E-state index contributed by atoms with van der Waals surface area (Å²) in [6, 6.07) is 80.6. The summed E-state index contributed by atoms with van der Waals surface area (Å²) < 4.78 is 16.2. The molecule has 11 aromatic carbocycles. The molecule has 4 aromatic heterocycles. The van der Waals surface area contributed by atoms with Gasteiger partial charge in [-0.25, -0.2) is 0 Å². The zero-order valence-corrected chi connectivity index (χ0v) is 36.0. The third-order valence-electron chi connectivity index (χ3n) is 14.0. The summed E-state index contributed by atoms with van der Waals surface area (Å²) in [6.07, 6.45) is 0. The molecular formula is C62H37N3O2. The van der Waals surface area contributed by atoms with Crippen LogP contribution in [-0.4, -0.2) is 4.40 Å². The van der Waals surface area contributed by atoms with Gasteiger partial charge in [0.15, 0.2) is 11.2 Å². The predicted octanol–water partition coefficient (Wildman–Crippen LogP) is 17.9. The van der Waals surface area contributed by atoms with Crippen molar-refractivity contribution in [3.05, 3.63) is 224 Å². The molecule has 15 rings (SSSR count). The first-order valence-corrected chi connectivity index (χ1v) is 22.8. The topological polar surface area (TPSA) is 37.2 Å². The lowest BCUT2D eigenvalue weighted by atomic mass is 9.97. The van der Waals surface area contributed by atoms with Gasteiger partial charge in [-0.1, -0.05) is 164 Å². The molecule has 0 unspecified atom stereocenters. The van der Waals surface area contributed by atoms with Gasteiger partial charge in [-0.05, 0) is 71.4 Å². The van der Waals surface area contributed by atoms with Crippen LogP contribution in [0.2, 0.25) is 0 Å². The number of furan rings is 2. The van der Waals surface area contributed by atoms with E-state index in [1.807, 2.05) is 12.1 Å². The molecule has 0 aliphatic heterocycles. The van der Waals surface area contributed by atoms with Crippen LogP contribution in [0.1, 0.15) is 0 Å². The highest BCUT2D eigenvalue weighted by molar-refractivity contribution is 6.34. The number of para-hydroxylation sites is 7. The summed E-state index contributed by atoms with van der Waals surface area (Å²) in [4.78, 5) is 4.87. The first kappa shape index (κ1) is 36.3. The van der Waals surface area contributed by atoms with Crippen molar-refractivity contribution in [1.29, 1.82) is 0 Å². The molecule has 0 N–H and O–H groups in total. The average Bonchev–Trinajstić information content (AvgIpc) is 4.15. The van der Waals surface area contributed by atoms with Crippen molar-refractivity contribution in [3.63, 3.8) is 0 Å². The maximum absolute atomic E-state index is 6.84. The Hall–Kier alpha value is -9.06. The number of aromatic nitrogens is 1. The van der Waals surface area contributed by atoms with Gasteiger partial charge in [0.2, 0.25) is 0 Å². The molecular weight excluding hydrogens is 819 g/mol. The molecule has 0 radical (unpaired) electrons. The zero-order chi connectivity index (χ0) is 43.7. The van der Waals surface area contributed by atoms with Crippen molar-refractivity contribution in [2.24, 2.45) is 0 Å². The quantitative estimate of drug-likeness (QED) is 0.167. The Morgan fingerprint density at radius 1 is 0.313 bits per heavy atom. The fourth-order valence-electron chi connectivity index (χ4n) is 11.3. The second-order valence-electron chi connectivity index (χ2n) is 17.6. The predicted molar refractivity (Wildman–Crippen MR) is 280 cm³/mol. The molecule has 0 amide bonds. The molecule has 0 bridgehead atoms. The molecule has 0 fully saturated rings. The Bertz CT molecular complexity index is 4190. The van der Waals surface area contributed by atoms with E-state index in [0.29, 0.717) is 0 Å². The number of nitrogens with zero attached hydrogens (tertiary/aromatic N) is 3. The van der Waals surface area contributed by atoms with Gasteiger partial charge in [0, 0.05) is 65.2 Å². The first-order valence-electron chi connectivity index (χ1n) is 22.8. The van der Waals surface area contributed by atoms with Crippen molar-refractivity contribution in [1.82, 2.24) is 4.40 Å². The van der Waals surface area contributed by atoms with E-state index in [4.69, 9.17) is 8.83 Å². The Balaban J connectivity index is 1.11. The standard InChI is InChI=1S/C62H37N3O2/c1-3-20-40(21-4-1)63(50-32-16-28-46-44-26-11-13-34-54(44)66-61(46)50)59-42-24-9-7-18-38(42)36-52-56(59)48-30-15-31-49-57-53(65(52)58(48)49)37-39-19-8-10-25-43(39)60(57)64(41-22-5-2-6-23-41)51-33-17-29-47-45-27-12-14-35-55(45)67-62(47)51/h1-37H. The highest BCUT2D eigenvalue weighted by atomic mass is 16.3. The second kappa shape index (κ2) is 13.7. The smallest absolute Gasteiger partial charge is 0.159 e. The molecule has 0 spiro atoms. The molecule has 312 valence electrons. The van der Waals surface area contributed by atoms with Crippen LogP contribution in [-0.2, 0) is 0 Å². The summed E-state index contributed by atoms with van der Waals surface area (Å²) in [7, 11) is 0. The lowest BCUT2D eigenvalue weighted by Gasteiger charge is -2.28. The van der Waals surface area contributed by atoms with Gasteiger partial charge in [-0.3, -0.25) is 0 Å². The first-order chi connectivity index (χ1) is 33.3. The van der Waals surface area contributed by atoms with Gasteiger partial charge in [0.25, 0.3) is 0 Å². The van der Waals surface area contributed by atoms with Crippen molar-refractivity contribution >= 4 is 138 Å². The van der Waals surface area contributed by atoms with E-state index in [1.54, 1.807) is 0 Å². The lowest BCUT2D eigenvalue weighted by Crippen LogP contribution is -2.11. The molecule has 0 saturated heterocycles. The Morgan fingerprint density at radius 3 is 1.16 bits per heavy atom. The summed E-state index contributed by atoms with van der Waals surface area (Å²) in [5.74, 6) is 0. The second-order valence-corrected chi connectivity index (χ2v) is 17.6. The number of rotatable bonds is 6. The van der Waals surface area contributed by atoms with E-state index in [9.17, 15) is 0 Å². The third-order valence-corrected chi connectivity index (χ3v) is 14.0. The number of hydrogen-bond acceptors (Lipinski definition) is 4. The van der Waals surface area contributed by atoms with E-state index in [1.165, 1.54) is 27.1 Å². The van der Waals surface area contributed by atoms with E-state index < -0.39 is 0 Å². The summed E-state index contributed by atoms with van der Waals surface area (Å²) in [5, 5.41) is 13.7. The number of fused-ring (bicyclic) bond motifs is 14. The maximum Gasteiger partial charge on any atom is 0.159 e. The molecule has 0 aliphatic rings. The fraction of sp³-hybridized carbons (Fsp3) is 0. The number of benzene rings is 11. The van der Waals surface area contributed by atoms with Crippen LogP contribution in [0.25, 0.3) is 104 Å². The van der Waals surface area contributed by atoms with Crippen molar-refractivity contribution in [2.45, 2.75) is 0 Å². The minimum absolute atomic E-state index is 0.854. The molecule has 0 saturated carbocycles. The molecule has 5 nitrogen and oxygen atoms in total. The SMILES string of the molecule is c1ccc(N(c2cccc3c2oc2ccccc23)c2c3ccccc3cc3c2c2cccc4c5c(N(c6ccccc6)c6cccc7c6oc6ccccc67)c6ccccc6cc5n3c24)cc1. The molecule has 0 aliphatic carbocycles. The minimum Gasteiger partial charge on any atom is -0.454 e. The Kier molecular flexibility index (Phi) is 7.44. The molecule has 4 heterocycles. The van der Waals surface area contributed by atoms with Gasteiger partial charge < -0.3 is 23.0 Å². The van der Waals surface area contributed by atoms with Crippen LogP contribution in [0, 0.1) is 0 Å². The molecule has 5 heteroatoms. The summed E-state index contributed by atoms with van der Waals surface area (Å²) in [6.45, 7) is 0. The highest BCUT2D eigenvalue weighted by Gasteiger charge is 2.30. The van der Waals surface area contributed by atoms with E-state index in [2.05, 4.69) is 227 Å². The Labute approximate surface area is 383 Å². The van der Waals surface area contributed by atoms with Crippen LogP contribution >= 0.6 is 0 Å². The highest BCUT2D eigenvalue weighted by Crippen LogP contribution is 2.54. The van der Waals surface area contributed by atoms with E-state index >= 15 is 0 Å². The van der Waals surface area contributed by atoms with Gasteiger partial charge in [0.05, 0.1) is 39.3 Å². The van der Waals surface area contributed by atoms with Gasteiger partial charge in [-0.15, -0.1) is 0 Å². The molecule has 0 atom stereocenters. The van der Waals surface area contributed by atoms with Crippen LogP contribution in [0.15, 0.2) is 233 Å². The molecule has 15 aromatic rings. The van der Waals surface area contributed by atoms with E-state index in [-0.39, 0.29) is 0 Å².